The standard InChI is InChI=1S/C13H14N2O5/c1-15-10(6-9(14-15)13(17)18)8-4-7(16)5-11(19-2)12(8)20-3/h4-6,16H,1-3H3,(H,17,18). The zero-order valence-electron chi connectivity index (χ0n) is 11.2. The SMILES string of the molecule is COc1cc(O)cc(-c2cc(C(=O)O)nn2C)c1OC. The van der Waals surface area contributed by atoms with E-state index in [2.05, 4.69) is 5.10 Å². The van der Waals surface area contributed by atoms with Crippen LogP contribution in [-0.2, 0) is 7.05 Å². The number of rotatable bonds is 4. The van der Waals surface area contributed by atoms with E-state index >= 15 is 0 Å². The summed E-state index contributed by atoms with van der Waals surface area (Å²) in [5.41, 5.74) is 0.896. The molecule has 0 bridgehead atoms. The number of aromatic nitrogens is 2. The van der Waals surface area contributed by atoms with Crippen molar-refractivity contribution in [2.75, 3.05) is 14.2 Å². The third-order valence-electron chi connectivity index (χ3n) is 2.84. The molecule has 1 aromatic heterocycles. The van der Waals surface area contributed by atoms with Crippen LogP contribution in [0.3, 0.4) is 0 Å². The lowest BCUT2D eigenvalue weighted by Crippen LogP contribution is -2.00. The molecule has 0 atom stereocenters. The molecule has 2 aromatic rings. The number of methoxy groups -OCH3 is 2. The van der Waals surface area contributed by atoms with E-state index in [1.54, 1.807) is 7.05 Å². The second-order valence-corrected chi connectivity index (χ2v) is 4.07. The number of aromatic carboxylic acids is 1. The number of carboxylic acid groups (broad SMARTS) is 1. The van der Waals surface area contributed by atoms with E-state index < -0.39 is 5.97 Å². The highest BCUT2D eigenvalue weighted by molar-refractivity contribution is 5.87. The van der Waals surface area contributed by atoms with Crippen LogP contribution in [0.1, 0.15) is 10.5 Å². The zero-order valence-corrected chi connectivity index (χ0v) is 11.2. The molecular weight excluding hydrogens is 264 g/mol. The van der Waals surface area contributed by atoms with E-state index in [1.807, 2.05) is 0 Å². The topological polar surface area (TPSA) is 93.8 Å². The molecule has 106 valence electrons. The highest BCUT2D eigenvalue weighted by atomic mass is 16.5. The van der Waals surface area contributed by atoms with Crippen molar-refractivity contribution in [3.63, 3.8) is 0 Å². The normalized spacial score (nSPS) is 10.3. The minimum absolute atomic E-state index is 0.0178. The number of carbonyl (C=O) groups is 1. The molecule has 2 rings (SSSR count). The Hall–Kier alpha value is -2.70. The highest BCUT2D eigenvalue weighted by Crippen LogP contribution is 2.41. The highest BCUT2D eigenvalue weighted by Gasteiger charge is 2.19. The van der Waals surface area contributed by atoms with E-state index in [0.29, 0.717) is 22.8 Å². The fourth-order valence-corrected chi connectivity index (χ4v) is 1.96. The van der Waals surface area contributed by atoms with Crippen molar-refractivity contribution in [3.05, 3.63) is 23.9 Å². The molecule has 0 saturated carbocycles. The Morgan fingerprint density at radius 2 is 1.95 bits per heavy atom. The van der Waals surface area contributed by atoms with Gasteiger partial charge in [0.05, 0.1) is 19.9 Å². The first-order chi connectivity index (χ1) is 9.47. The molecule has 0 aliphatic rings. The fraction of sp³-hybridized carbons (Fsp3) is 0.231. The van der Waals surface area contributed by atoms with Crippen LogP contribution in [0.25, 0.3) is 11.3 Å². The van der Waals surface area contributed by atoms with Gasteiger partial charge in [-0.15, -0.1) is 0 Å². The van der Waals surface area contributed by atoms with Crippen molar-refractivity contribution in [3.8, 4) is 28.5 Å². The Balaban J connectivity index is 2.68. The third kappa shape index (κ3) is 2.25. The summed E-state index contributed by atoms with van der Waals surface area (Å²) < 4.78 is 11.8. The Morgan fingerprint density at radius 1 is 1.25 bits per heavy atom. The van der Waals surface area contributed by atoms with E-state index in [4.69, 9.17) is 14.6 Å². The second kappa shape index (κ2) is 5.12. The number of hydrogen-bond donors (Lipinski definition) is 2. The molecule has 0 radical (unpaired) electrons. The van der Waals surface area contributed by atoms with Crippen molar-refractivity contribution >= 4 is 5.97 Å². The number of hydrogen-bond acceptors (Lipinski definition) is 5. The molecule has 20 heavy (non-hydrogen) atoms. The van der Waals surface area contributed by atoms with Crippen LogP contribution in [0.15, 0.2) is 18.2 Å². The van der Waals surface area contributed by atoms with Gasteiger partial charge >= 0.3 is 5.97 Å². The van der Waals surface area contributed by atoms with Gasteiger partial charge in [0.25, 0.3) is 0 Å². The molecule has 0 spiro atoms. The zero-order chi connectivity index (χ0) is 14.9. The fourth-order valence-electron chi connectivity index (χ4n) is 1.96. The van der Waals surface area contributed by atoms with E-state index in [9.17, 15) is 9.90 Å². The Bertz CT molecular complexity index is 663. The second-order valence-electron chi connectivity index (χ2n) is 4.07. The number of phenols is 1. The van der Waals surface area contributed by atoms with Gasteiger partial charge in [-0.3, -0.25) is 4.68 Å². The molecule has 0 aliphatic carbocycles. The van der Waals surface area contributed by atoms with Crippen LogP contribution < -0.4 is 9.47 Å². The summed E-state index contributed by atoms with van der Waals surface area (Å²) in [5, 5.41) is 22.6. The maximum absolute atomic E-state index is 11.0. The van der Waals surface area contributed by atoms with E-state index in [-0.39, 0.29) is 11.4 Å². The molecule has 7 heteroatoms. The van der Waals surface area contributed by atoms with Gasteiger partial charge in [-0.2, -0.15) is 5.10 Å². The Kier molecular flexibility index (Phi) is 3.51. The van der Waals surface area contributed by atoms with Gasteiger partial charge in [0.15, 0.2) is 17.2 Å². The summed E-state index contributed by atoms with van der Waals surface area (Å²) in [4.78, 5) is 11.0. The van der Waals surface area contributed by atoms with Crippen LogP contribution >= 0.6 is 0 Å². The maximum Gasteiger partial charge on any atom is 0.356 e. The van der Waals surface area contributed by atoms with Gasteiger partial charge in [-0.1, -0.05) is 0 Å². The molecule has 2 N–H and O–H groups in total. The van der Waals surface area contributed by atoms with Crippen LogP contribution in [0.2, 0.25) is 0 Å². The van der Waals surface area contributed by atoms with Gasteiger partial charge in [-0.05, 0) is 12.1 Å². The average Bonchev–Trinajstić information content (AvgIpc) is 2.79. The lowest BCUT2D eigenvalue weighted by Gasteiger charge is -2.13. The number of carboxylic acids is 1. The van der Waals surface area contributed by atoms with Crippen LogP contribution in [0.5, 0.6) is 17.2 Å². The van der Waals surface area contributed by atoms with E-state index in [1.165, 1.54) is 37.1 Å². The summed E-state index contributed by atoms with van der Waals surface area (Å²) in [6.45, 7) is 0. The monoisotopic (exact) mass is 278 g/mol. The van der Waals surface area contributed by atoms with Crippen LogP contribution in [0.4, 0.5) is 0 Å². The maximum atomic E-state index is 11.0. The molecule has 7 nitrogen and oxygen atoms in total. The molecule has 1 aromatic carbocycles. The Labute approximate surface area is 115 Å². The van der Waals surface area contributed by atoms with Gasteiger partial charge in [0.2, 0.25) is 0 Å². The van der Waals surface area contributed by atoms with E-state index in [0.717, 1.165) is 0 Å². The largest absolute Gasteiger partial charge is 0.508 e. The molecule has 0 saturated heterocycles. The summed E-state index contributed by atoms with van der Waals surface area (Å²) in [6.07, 6.45) is 0. The number of benzene rings is 1. The van der Waals surface area contributed by atoms with Gasteiger partial charge in [0, 0.05) is 18.7 Å². The minimum atomic E-state index is -1.13. The average molecular weight is 278 g/mol. The van der Waals surface area contributed by atoms with Crippen LogP contribution in [-0.4, -0.2) is 40.2 Å². The Morgan fingerprint density at radius 3 is 2.45 bits per heavy atom. The van der Waals surface area contributed by atoms with Gasteiger partial charge in [0.1, 0.15) is 5.75 Å². The van der Waals surface area contributed by atoms with Crippen LogP contribution in [0, 0.1) is 0 Å². The molecule has 0 amide bonds. The smallest absolute Gasteiger partial charge is 0.356 e. The van der Waals surface area contributed by atoms with Crippen molar-refractivity contribution < 1.29 is 24.5 Å². The van der Waals surface area contributed by atoms with Crippen molar-refractivity contribution in [2.45, 2.75) is 0 Å². The summed E-state index contributed by atoms with van der Waals surface area (Å²) in [6, 6.07) is 4.28. The summed E-state index contributed by atoms with van der Waals surface area (Å²) >= 11 is 0. The third-order valence-corrected chi connectivity index (χ3v) is 2.84. The quantitative estimate of drug-likeness (QED) is 0.880. The molecule has 1 heterocycles. The predicted octanol–water partition coefficient (Wildman–Crippen LogP) is 1.51. The van der Waals surface area contributed by atoms with Crippen molar-refractivity contribution in [2.24, 2.45) is 7.05 Å². The first-order valence-electron chi connectivity index (χ1n) is 5.70. The first-order valence-corrected chi connectivity index (χ1v) is 5.70. The van der Waals surface area contributed by atoms with Crippen molar-refractivity contribution in [1.82, 2.24) is 9.78 Å². The molecule has 0 unspecified atom stereocenters. The summed E-state index contributed by atoms with van der Waals surface area (Å²) in [7, 11) is 4.53. The minimum Gasteiger partial charge on any atom is -0.508 e. The summed E-state index contributed by atoms with van der Waals surface area (Å²) in [5.74, 6) is -0.403. The van der Waals surface area contributed by atoms with Gasteiger partial charge < -0.3 is 19.7 Å². The van der Waals surface area contributed by atoms with Gasteiger partial charge in [-0.25, -0.2) is 4.79 Å². The number of ether oxygens (including phenoxy) is 2. The first kappa shape index (κ1) is 13.7. The number of aryl methyl sites for hydroxylation is 1. The lowest BCUT2D eigenvalue weighted by atomic mass is 10.1. The van der Waals surface area contributed by atoms with Crippen molar-refractivity contribution in [1.29, 1.82) is 0 Å². The number of aromatic hydroxyl groups is 1. The number of nitrogens with zero attached hydrogens (tertiary/aromatic N) is 2. The lowest BCUT2D eigenvalue weighted by molar-refractivity contribution is 0.0689. The molecule has 0 fully saturated rings. The number of phenolic OH excluding ortho intramolecular Hbond substituents is 1. The predicted molar refractivity (Wildman–Crippen MR) is 70.4 cm³/mol. The molecular formula is C13H14N2O5. The molecule has 0 aliphatic heterocycles.